The van der Waals surface area contributed by atoms with Gasteiger partial charge in [-0.3, -0.25) is 9.36 Å². The number of fused-ring (bicyclic) bond motifs is 2. The van der Waals surface area contributed by atoms with E-state index in [4.69, 9.17) is 19.0 Å². The molecule has 0 N–H and O–H groups in total. The van der Waals surface area contributed by atoms with Gasteiger partial charge in [0, 0.05) is 41.7 Å². The predicted octanol–water partition coefficient (Wildman–Crippen LogP) is 4.65. The first-order valence-corrected chi connectivity index (χ1v) is 13.0. The second-order valence-corrected chi connectivity index (χ2v) is 10.2. The SMILES string of the molecule is Cc1nc2n(c(=O)c1CCN1CCC(c3noc4cc(F)ccc34)CC1)CCCC2OC(=O)OC(C)C. The predicted molar refractivity (Wildman–Crippen MR) is 134 cm³/mol. The maximum absolute atomic E-state index is 13.5. The molecule has 2 aromatic heterocycles. The van der Waals surface area contributed by atoms with E-state index < -0.39 is 12.3 Å². The minimum Gasteiger partial charge on any atom is -0.432 e. The highest BCUT2D eigenvalue weighted by Crippen LogP contribution is 2.33. The molecule has 0 spiro atoms. The molecule has 1 atom stereocenters. The van der Waals surface area contributed by atoms with Crippen molar-refractivity contribution in [2.45, 2.75) is 77.5 Å². The molecule has 0 aliphatic carbocycles. The topological polar surface area (TPSA) is 99.7 Å². The van der Waals surface area contributed by atoms with Crippen LogP contribution in [-0.2, 0) is 22.4 Å². The van der Waals surface area contributed by atoms with Crippen molar-refractivity contribution < 1.29 is 23.2 Å². The lowest BCUT2D eigenvalue weighted by Gasteiger charge is -2.31. The van der Waals surface area contributed by atoms with Crippen molar-refractivity contribution in [1.29, 1.82) is 0 Å². The van der Waals surface area contributed by atoms with E-state index in [1.165, 1.54) is 12.1 Å². The molecule has 0 saturated carbocycles. The fourth-order valence-electron chi connectivity index (χ4n) is 5.41. The highest BCUT2D eigenvalue weighted by Gasteiger charge is 2.30. The number of ether oxygens (including phenoxy) is 2. The first-order valence-electron chi connectivity index (χ1n) is 13.0. The van der Waals surface area contributed by atoms with Gasteiger partial charge >= 0.3 is 6.16 Å². The quantitative estimate of drug-likeness (QED) is 0.440. The Hall–Kier alpha value is -3.27. The van der Waals surface area contributed by atoms with Crippen molar-refractivity contribution in [3.05, 3.63) is 57.1 Å². The van der Waals surface area contributed by atoms with Crippen molar-refractivity contribution in [1.82, 2.24) is 19.6 Å². The third-order valence-electron chi connectivity index (χ3n) is 7.32. The number of benzene rings is 1. The van der Waals surface area contributed by atoms with E-state index in [1.807, 2.05) is 6.92 Å². The lowest BCUT2D eigenvalue weighted by Crippen LogP contribution is -2.38. The molecule has 198 valence electrons. The van der Waals surface area contributed by atoms with Crippen LogP contribution >= 0.6 is 0 Å². The number of rotatable bonds is 6. The lowest BCUT2D eigenvalue weighted by molar-refractivity contribution is -0.00467. The molecular formula is C27H33FN4O5. The molecule has 3 aromatic rings. The van der Waals surface area contributed by atoms with Crippen molar-refractivity contribution in [3.8, 4) is 0 Å². The zero-order chi connectivity index (χ0) is 26.1. The van der Waals surface area contributed by atoms with E-state index in [0.29, 0.717) is 42.1 Å². The van der Waals surface area contributed by atoms with Crippen LogP contribution in [0.4, 0.5) is 9.18 Å². The van der Waals surface area contributed by atoms with Gasteiger partial charge in [0.2, 0.25) is 0 Å². The number of aromatic nitrogens is 3. The molecule has 0 radical (unpaired) electrons. The van der Waals surface area contributed by atoms with Crippen LogP contribution in [0.3, 0.4) is 0 Å². The molecule has 9 nitrogen and oxygen atoms in total. The molecule has 1 unspecified atom stereocenters. The molecule has 0 bridgehead atoms. The molecule has 2 aliphatic heterocycles. The Bertz CT molecular complexity index is 1340. The van der Waals surface area contributed by atoms with Gasteiger partial charge in [0.05, 0.1) is 11.8 Å². The van der Waals surface area contributed by atoms with Gasteiger partial charge in [-0.15, -0.1) is 0 Å². The molecule has 5 rings (SSSR count). The van der Waals surface area contributed by atoms with Gasteiger partial charge in [-0.25, -0.2) is 14.2 Å². The minimum absolute atomic E-state index is 0.0517. The zero-order valence-electron chi connectivity index (χ0n) is 21.5. The van der Waals surface area contributed by atoms with E-state index in [-0.39, 0.29) is 23.4 Å². The minimum atomic E-state index is -0.737. The second kappa shape index (κ2) is 10.6. The number of aryl methyl sites for hydroxylation is 1. The highest BCUT2D eigenvalue weighted by molar-refractivity contribution is 5.79. The molecule has 1 saturated heterocycles. The van der Waals surface area contributed by atoms with Crippen molar-refractivity contribution >= 4 is 17.1 Å². The summed E-state index contributed by atoms with van der Waals surface area (Å²) in [6.45, 7) is 8.45. The average molecular weight is 513 g/mol. The highest BCUT2D eigenvalue weighted by atomic mass is 19.1. The zero-order valence-corrected chi connectivity index (χ0v) is 21.5. The summed E-state index contributed by atoms with van der Waals surface area (Å²) in [5.41, 5.74) is 2.72. The Morgan fingerprint density at radius 1 is 1.22 bits per heavy atom. The van der Waals surface area contributed by atoms with E-state index >= 15 is 0 Å². The summed E-state index contributed by atoms with van der Waals surface area (Å²) < 4.78 is 31.1. The first kappa shape index (κ1) is 25.4. The van der Waals surface area contributed by atoms with Crippen LogP contribution in [0.15, 0.2) is 27.5 Å². The summed E-state index contributed by atoms with van der Waals surface area (Å²) in [5.74, 6) is 0.434. The number of piperidine rings is 1. The van der Waals surface area contributed by atoms with Crippen molar-refractivity contribution in [3.63, 3.8) is 0 Å². The smallest absolute Gasteiger partial charge is 0.432 e. The van der Waals surface area contributed by atoms with E-state index in [2.05, 4.69) is 10.1 Å². The van der Waals surface area contributed by atoms with Crippen molar-refractivity contribution in [2.24, 2.45) is 0 Å². The average Bonchev–Trinajstić information content (AvgIpc) is 3.27. The van der Waals surface area contributed by atoms with Crippen LogP contribution in [0.5, 0.6) is 0 Å². The lowest BCUT2D eigenvalue weighted by atomic mass is 9.91. The van der Waals surface area contributed by atoms with E-state index in [1.54, 1.807) is 24.5 Å². The Labute approximate surface area is 214 Å². The van der Waals surface area contributed by atoms with Crippen LogP contribution in [0, 0.1) is 12.7 Å². The maximum atomic E-state index is 13.5. The molecule has 1 aromatic carbocycles. The summed E-state index contributed by atoms with van der Waals surface area (Å²) in [7, 11) is 0. The molecule has 0 amide bonds. The van der Waals surface area contributed by atoms with Crippen LogP contribution < -0.4 is 5.56 Å². The van der Waals surface area contributed by atoms with Gasteiger partial charge in [0.25, 0.3) is 5.56 Å². The number of halogens is 1. The van der Waals surface area contributed by atoms with Crippen LogP contribution in [0.1, 0.15) is 74.3 Å². The summed E-state index contributed by atoms with van der Waals surface area (Å²) >= 11 is 0. The van der Waals surface area contributed by atoms with Gasteiger partial charge in [-0.1, -0.05) is 5.16 Å². The van der Waals surface area contributed by atoms with Gasteiger partial charge < -0.3 is 18.9 Å². The molecule has 10 heteroatoms. The Kier molecular flexibility index (Phi) is 7.28. The normalized spacial score (nSPS) is 18.8. The summed E-state index contributed by atoms with van der Waals surface area (Å²) in [5, 5.41) is 5.11. The fraction of sp³-hybridized carbons (Fsp3) is 0.556. The first-order chi connectivity index (χ1) is 17.8. The number of nitrogens with zero attached hydrogens (tertiary/aromatic N) is 4. The number of hydrogen-bond acceptors (Lipinski definition) is 8. The third-order valence-corrected chi connectivity index (χ3v) is 7.32. The summed E-state index contributed by atoms with van der Waals surface area (Å²) in [6.07, 6.45) is 2.20. The van der Waals surface area contributed by atoms with Crippen LogP contribution in [0.25, 0.3) is 11.0 Å². The summed E-state index contributed by atoms with van der Waals surface area (Å²) in [4.78, 5) is 32.4. The Morgan fingerprint density at radius 3 is 2.76 bits per heavy atom. The Morgan fingerprint density at radius 2 is 2.00 bits per heavy atom. The van der Waals surface area contributed by atoms with E-state index in [9.17, 15) is 14.0 Å². The summed E-state index contributed by atoms with van der Waals surface area (Å²) in [6, 6.07) is 4.56. The largest absolute Gasteiger partial charge is 0.509 e. The standard InChI is InChI=1S/C27H33FN4O5/c1-16(2)35-27(34)36-22-5-4-11-32-25(22)29-17(3)20(26(32)33)10-14-31-12-8-18(9-13-31)24-21-7-6-19(28)15-23(21)37-30-24/h6-7,15-16,18,22H,4-5,8-14H2,1-3H3. The number of hydrogen-bond donors (Lipinski definition) is 0. The monoisotopic (exact) mass is 512 g/mol. The molecule has 4 heterocycles. The van der Waals surface area contributed by atoms with Gasteiger partial charge in [-0.05, 0) is 78.1 Å². The van der Waals surface area contributed by atoms with Gasteiger partial charge in [0.1, 0.15) is 5.82 Å². The number of likely N-dealkylation sites (tertiary alicyclic amines) is 1. The molecular weight excluding hydrogens is 479 g/mol. The maximum Gasteiger partial charge on any atom is 0.509 e. The molecule has 2 aliphatic rings. The van der Waals surface area contributed by atoms with Crippen LogP contribution in [-0.4, -0.2) is 51.5 Å². The van der Waals surface area contributed by atoms with Crippen LogP contribution in [0.2, 0.25) is 0 Å². The Balaban J connectivity index is 1.22. The van der Waals surface area contributed by atoms with Gasteiger partial charge in [-0.2, -0.15) is 0 Å². The molecule has 1 fully saturated rings. The molecule has 37 heavy (non-hydrogen) atoms. The number of carbonyl (C=O) groups is 1. The number of carbonyl (C=O) groups excluding carboxylic acids is 1. The third kappa shape index (κ3) is 5.39. The van der Waals surface area contributed by atoms with E-state index in [0.717, 1.165) is 50.0 Å². The van der Waals surface area contributed by atoms with Gasteiger partial charge in [0.15, 0.2) is 17.5 Å². The fourth-order valence-corrected chi connectivity index (χ4v) is 5.41. The second-order valence-electron chi connectivity index (χ2n) is 10.2. The van der Waals surface area contributed by atoms with Crippen molar-refractivity contribution in [2.75, 3.05) is 19.6 Å².